The number of benzene rings is 1. The first-order chi connectivity index (χ1) is 10.1. The lowest BCUT2D eigenvalue weighted by Gasteiger charge is -2.05. The van der Waals surface area contributed by atoms with Crippen LogP contribution >= 0.6 is 11.8 Å². The maximum Gasteiger partial charge on any atom is 0.277 e. The second kappa shape index (κ2) is 9.66. The maximum absolute atomic E-state index is 5.64. The van der Waals surface area contributed by atoms with Crippen LogP contribution in [0.1, 0.15) is 37.8 Å². The van der Waals surface area contributed by atoms with Crippen molar-refractivity contribution in [2.75, 3.05) is 5.75 Å². The fraction of sp³-hybridized carbons (Fsp3) is 0.375. The van der Waals surface area contributed by atoms with Crippen LogP contribution in [0.4, 0.5) is 0 Å². The molecule has 6 heteroatoms. The number of quaternary nitrogens is 1. The monoisotopic (exact) mass is 339 g/mol. The third-order valence-corrected chi connectivity index (χ3v) is 3.71. The number of halogens is 1. The molecule has 3 N–H and O–H groups in total. The molecule has 22 heavy (non-hydrogen) atoms. The van der Waals surface area contributed by atoms with Gasteiger partial charge >= 0.3 is 0 Å². The number of thioether (sulfide) groups is 1. The standard InChI is InChI=1S/C16H21N3OS.ClH/c1-12(2)11-14(17)15-18-19-16(20-15)21-10-6-9-13-7-4-3-5-8-13;/h3-9,12,14H,10-11,17H2,1-2H3;1H/t14-;/m0./s1. The van der Waals surface area contributed by atoms with Gasteiger partial charge in [0.2, 0.25) is 0 Å². The van der Waals surface area contributed by atoms with Crippen LogP contribution in [0.5, 0.6) is 0 Å². The number of nitrogens with zero attached hydrogens (tertiary/aromatic N) is 2. The van der Waals surface area contributed by atoms with E-state index in [4.69, 9.17) is 4.42 Å². The number of hydrogen-bond donors (Lipinski definition) is 1. The highest BCUT2D eigenvalue weighted by atomic mass is 35.5. The van der Waals surface area contributed by atoms with E-state index in [1.54, 1.807) is 11.8 Å². The van der Waals surface area contributed by atoms with E-state index in [0.717, 1.165) is 12.2 Å². The molecule has 1 aromatic carbocycles. The summed E-state index contributed by atoms with van der Waals surface area (Å²) in [7, 11) is 0. The highest BCUT2D eigenvalue weighted by molar-refractivity contribution is 7.99. The minimum atomic E-state index is 0. The zero-order valence-corrected chi connectivity index (χ0v) is 14.5. The lowest BCUT2D eigenvalue weighted by atomic mass is 10.1. The van der Waals surface area contributed by atoms with Gasteiger partial charge in [0.15, 0.2) is 6.04 Å². The fourth-order valence-electron chi connectivity index (χ4n) is 1.98. The van der Waals surface area contributed by atoms with Crippen molar-refractivity contribution >= 4 is 17.8 Å². The summed E-state index contributed by atoms with van der Waals surface area (Å²) >= 11 is 1.54. The Bertz CT molecular complexity index is 572. The Balaban J connectivity index is 0.00000242. The minimum absolute atomic E-state index is 0. The quantitative estimate of drug-likeness (QED) is 0.732. The molecule has 0 fully saturated rings. The molecule has 1 aromatic heterocycles. The van der Waals surface area contributed by atoms with E-state index in [1.165, 1.54) is 5.56 Å². The van der Waals surface area contributed by atoms with Gasteiger partial charge in [-0.25, -0.2) is 0 Å². The summed E-state index contributed by atoms with van der Waals surface area (Å²) < 4.78 is 5.64. The second-order valence-corrected chi connectivity index (χ2v) is 6.33. The first-order valence-electron chi connectivity index (χ1n) is 7.16. The van der Waals surface area contributed by atoms with Crippen LogP contribution in [-0.4, -0.2) is 16.0 Å². The van der Waals surface area contributed by atoms with E-state index in [9.17, 15) is 0 Å². The Hall–Kier alpha value is -1.30. The van der Waals surface area contributed by atoms with E-state index in [0.29, 0.717) is 17.0 Å². The van der Waals surface area contributed by atoms with E-state index in [-0.39, 0.29) is 18.4 Å². The van der Waals surface area contributed by atoms with Gasteiger partial charge < -0.3 is 22.6 Å². The van der Waals surface area contributed by atoms with Crippen molar-refractivity contribution in [1.82, 2.24) is 10.2 Å². The molecule has 1 atom stereocenters. The molecule has 0 aliphatic rings. The smallest absolute Gasteiger partial charge is 0.277 e. The van der Waals surface area contributed by atoms with Gasteiger partial charge in [-0.15, -0.1) is 10.2 Å². The molecule has 2 rings (SSSR count). The van der Waals surface area contributed by atoms with E-state index >= 15 is 0 Å². The zero-order valence-electron chi connectivity index (χ0n) is 12.9. The van der Waals surface area contributed by atoms with Crippen molar-refractivity contribution in [3.63, 3.8) is 0 Å². The van der Waals surface area contributed by atoms with Crippen molar-refractivity contribution in [1.29, 1.82) is 0 Å². The number of rotatable bonds is 7. The van der Waals surface area contributed by atoms with Crippen LogP contribution < -0.4 is 18.1 Å². The normalized spacial score (nSPS) is 12.5. The maximum atomic E-state index is 5.64. The Morgan fingerprint density at radius 1 is 1.23 bits per heavy atom. The summed E-state index contributed by atoms with van der Waals surface area (Å²) in [6.07, 6.45) is 5.15. The summed E-state index contributed by atoms with van der Waals surface area (Å²) in [6, 6.07) is 10.3. The minimum Gasteiger partial charge on any atom is -1.00 e. The topological polar surface area (TPSA) is 66.6 Å². The van der Waals surface area contributed by atoms with E-state index < -0.39 is 0 Å². The van der Waals surface area contributed by atoms with Crippen molar-refractivity contribution in [3.05, 3.63) is 47.9 Å². The van der Waals surface area contributed by atoms with Gasteiger partial charge in [0.1, 0.15) is 0 Å². The van der Waals surface area contributed by atoms with Crippen LogP contribution in [0.15, 0.2) is 46.0 Å². The molecule has 4 nitrogen and oxygen atoms in total. The molecule has 0 radical (unpaired) electrons. The van der Waals surface area contributed by atoms with Crippen LogP contribution in [0.3, 0.4) is 0 Å². The van der Waals surface area contributed by atoms with Crippen molar-refractivity contribution < 1.29 is 22.6 Å². The molecule has 0 bridgehead atoms. The third kappa shape index (κ3) is 6.22. The molecule has 0 saturated carbocycles. The van der Waals surface area contributed by atoms with Crippen molar-refractivity contribution in [2.24, 2.45) is 5.92 Å². The zero-order chi connectivity index (χ0) is 15.1. The van der Waals surface area contributed by atoms with Crippen LogP contribution in [-0.2, 0) is 0 Å². The van der Waals surface area contributed by atoms with E-state index in [2.05, 4.69) is 54.1 Å². The van der Waals surface area contributed by atoms with Crippen LogP contribution in [0, 0.1) is 5.92 Å². The van der Waals surface area contributed by atoms with Crippen LogP contribution in [0.2, 0.25) is 0 Å². The SMILES string of the molecule is CC(C)C[C@H]([NH3+])c1nnc(SCC=Cc2ccccc2)o1.[Cl-]. The van der Waals surface area contributed by atoms with Crippen LogP contribution in [0.25, 0.3) is 6.08 Å². The van der Waals surface area contributed by atoms with Gasteiger partial charge in [0, 0.05) is 12.2 Å². The van der Waals surface area contributed by atoms with Gasteiger partial charge in [-0.1, -0.05) is 68.1 Å². The molecule has 0 spiro atoms. The molecular weight excluding hydrogens is 318 g/mol. The molecular formula is C16H22ClN3OS. The summed E-state index contributed by atoms with van der Waals surface area (Å²) in [5.41, 5.74) is 5.27. The lowest BCUT2D eigenvalue weighted by Crippen LogP contribution is -3.00. The average molecular weight is 340 g/mol. The van der Waals surface area contributed by atoms with Crippen molar-refractivity contribution in [2.45, 2.75) is 31.5 Å². The number of hydrogen-bond acceptors (Lipinski definition) is 4. The fourth-order valence-corrected chi connectivity index (χ4v) is 2.56. The number of aromatic nitrogens is 2. The molecule has 2 aromatic rings. The van der Waals surface area contributed by atoms with Gasteiger partial charge in [-0.05, 0) is 11.5 Å². The highest BCUT2D eigenvalue weighted by Gasteiger charge is 2.18. The molecule has 0 aliphatic heterocycles. The largest absolute Gasteiger partial charge is 1.00 e. The molecule has 1 heterocycles. The first-order valence-corrected chi connectivity index (χ1v) is 8.14. The third-order valence-electron chi connectivity index (χ3n) is 2.94. The first kappa shape index (κ1) is 18.7. The van der Waals surface area contributed by atoms with Gasteiger partial charge in [0.05, 0.1) is 0 Å². The molecule has 0 aliphatic carbocycles. The summed E-state index contributed by atoms with van der Waals surface area (Å²) in [5, 5.41) is 8.75. The molecule has 0 unspecified atom stereocenters. The summed E-state index contributed by atoms with van der Waals surface area (Å²) in [6.45, 7) is 4.33. The van der Waals surface area contributed by atoms with Gasteiger partial charge in [-0.3, -0.25) is 0 Å². The second-order valence-electron chi connectivity index (χ2n) is 5.36. The Morgan fingerprint density at radius 3 is 2.64 bits per heavy atom. The summed E-state index contributed by atoms with van der Waals surface area (Å²) in [5.74, 6) is 2.02. The highest BCUT2D eigenvalue weighted by Crippen LogP contribution is 2.21. The Morgan fingerprint density at radius 2 is 1.95 bits per heavy atom. The average Bonchev–Trinajstić information content (AvgIpc) is 2.93. The molecule has 0 amide bonds. The molecule has 0 saturated heterocycles. The predicted octanol–water partition coefficient (Wildman–Crippen LogP) is 0.208. The van der Waals surface area contributed by atoms with Crippen molar-refractivity contribution in [3.8, 4) is 0 Å². The van der Waals surface area contributed by atoms with E-state index in [1.807, 2.05) is 18.2 Å². The van der Waals surface area contributed by atoms with Gasteiger partial charge in [-0.2, -0.15) is 0 Å². The predicted molar refractivity (Wildman–Crippen MR) is 85.6 cm³/mol. The van der Waals surface area contributed by atoms with Gasteiger partial charge in [0.25, 0.3) is 11.1 Å². The lowest BCUT2D eigenvalue weighted by molar-refractivity contribution is -0.435. The molecule has 120 valence electrons. The summed E-state index contributed by atoms with van der Waals surface area (Å²) in [4.78, 5) is 0. The Labute approximate surface area is 142 Å². The Kier molecular flexibility index (Phi) is 8.24.